The summed E-state index contributed by atoms with van der Waals surface area (Å²) < 4.78 is 0. The number of hydrogen-bond donors (Lipinski definition) is 3. The SMILES string of the molecule is O=C1NC(=O)/C(=C\c2ccnc(N3CCC(CNCC4CCNC4)CC3)n2)S1. The Labute approximate surface area is 168 Å². The standard InChI is InChI=1S/C19H26N6O2S/c26-17-16(28-19(27)24-17)9-15-2-6-22-18(23-15)25-7-3-13(4-8-25)10-21-12-14-1-5-20-11-14/h2,6,9,13-14,20-21H,1,3-5,7-8,10-12H2,(H,24,26,27)/b16-9+. The van der Waals surface area contributed by atoms with Crippen molar-refractivity contribution in [3.8, 4) is 0 Å². The maximum Gasteiger partial charge on any atom is 0.290 e. The largest absolute Gasteiger partial charge is 0.341 e. The minimum absolute atomic E-state index is 0.342. The molecule has 1 aromatic heterocycles. The molecule has 3 saturated heterocycles. The lowest BCUT2D eigenvalue weighted by atomic mass is 9.96. The summed E-state index contributed by atoms with van der Waals surface area (Å²) in [6.45, 7) is 6.36. The molecule has 2 amide bonds. The van der Waals surface area contributed by atoms with Gasteiger partial charge in [0.25, 0.3) is 11.1 Å². The molecule has 0 spiro atoms. The van der Waals surface area contributed by atoms with E-state index in [1.165, 1.54) is 6.42 Å². The summed E-state index contributed by atoms with van der Waals surface area (Å²) in [5.74, 6) is 1.80. The van der Waals surface area contributed by atoms with E-state index in [0.717, 1.165) is 69.8 Å². The van der Waals surface area contributed by atoms with Crippen LogP contribution in [0.4, 0.5) is 10.7 Å². The molecule has 150 valence electrons. The second kappa shape index (κ2) is 9.02. The highest BCUT2D eigenvalue weighted by Crippen LogP contribution is 2.26. The third kappa shape index (κ3) is 4.89. The van der Waals surface area contributed by atoms with E-state index in [0.29, 0.717) is 22.5 Å². The fourth-order valence-corrected chi connectivity index (χ4v) is 4.53. The average molecular weight is 403 g/mol. The summed E-state index contributed by atoms with van der Waals surface area (Å²) in [5.41, 5.74) is 0.645. The molecule has 8 nitrogen and oxygen atoms in total. The lowest BCUT2D eigenvalue weighted by Gasteiger charge is -2.32. The molecule has 0 aliphatic carbocycles. The highest BCUT2D eigenvalue weighted by atomic mass is 32.2. The van der Waals surface area contributed by atoms with Crippen LogP contribution in [-0.2, 0) is 4.79 Å². The molecular weight excluding hydrogens is 376 g/mol. The Morgan fingerprint density at radius 1 is 1.21 bits per heavy atom. The quantitative estimate of drug-likeness (QED) is 0.611. The molecule has 3 N–H and O–H groups in total. The van der Waals surface area contributed by atoms with Crippen molar-refractivity contribution in [3.63, 3.8) is 0 Å². The molecule has 0 aromatic carbocycles. The van der Waals surface area contributed by atoms with E-state index in [1.54, 1.807) is 18.3 Å². The van der Waals surface area contributed by atoms with Crippen molar-refractivity contribution in [1.82, 2.24) is 25.9 Å². The Morgan fingerprint density at radius 2 is 2.04 bits per heavy atom. The number of nitrogens with zero attached hydrogens (tertiary/aromatic N) is 3. The van der Waals surface area contributed by atoms with E-state index < -0.39 is 0 Å². The van der Waals surface area contributed by atoms with Crippen LogP contribution in [0.5, 0.6) is 0 Å². The number of aromatic nitrogens is 2. The molecule has 1 aromatic rings. The van der Waals surface area contributed by atoms with Crippen LogP contribution in [0.1, 0.15) is 25.0 Å². The van der Waals surface area contributed by atoms with Gasteiger partial charge in [-0.2, -0.15) is 0 Å². The molecule has 1 unspecified atom stereocenters. The van der Waals surface area contributed by atoms with Gasteiger partial charge in [0.05, 0.1) is 10.6 Å². The second-order valence-electron chi connectivity index (χ2n) is 7.58. The predicted molar refractivity (Wildman–Crippen MR) is 110 cm³/mol. The van der Waals surface area contributed by atoms with Crippen LogP contribution in [0, 0.1) is 11.8 Å². The first-order valence-corrected chi connectivity index (χ1v) is 10.7. The predicted octanol–water partition coefficient (Wildman–Crippen LogP) is 1.22. The topological polar surface area (TPSA) is 99.2 Å². The zero-order valence-electron chi connectivity index (χ0n) is 15.8. The normalized spacial score (nSPS) is 24.9. The van der Waals surface area contributed by atoms with Crippen molar-refractivity contribution in [1.29, 1.82) is 0 Å². The van der Waals surface area contributed by atoms with Crippen LogP contribution >= 0.6 is 11.8 Å². The fraction of sp³-hybridized carbons (Fsp3) is 0.579. The smallest absolute Gasteiger partial charge is 0.290 e. The number of thioether (sulfide) groups is 1. The van der Waals surface area contributed by atoms with E-state index >= 15 is 0 Å². The number of amides is 2. The third-order valence-corrected chi connectivity index (χ3v) is 6.32. The van der Waals surface area contributed by atoms with Crippen molar-refractivity contribution in [2.45, 2.75) is 19.3 Å². The zero-order chi connectivity index (χ0) is 19.3. The maximum atomic E-state index is 11.7. The van der Waals surface area contributed by atoms with Gasteiger partial charge in [-0.15, -0.1) is 0 Å². The van der Waals surface area contributed by atoms with Crippen molar-refractivity contribution in [2.24, 2.45) is 11.8 Å². The maximum absolute atomic E-state index is 11.7. The number of carbonyl (C=O) groups excluding carboxylic acids is 2. The third-order valence-electron chi connectivity index (χ3n) is 5.51. The minimum Gasteiger partial charge on any atom is -0.341 e. The highest BCUT2D eigenvalue weighted by Gasteiger charge is 2.26. The number of imide groups is 1. The van der Waals surface area contributed by atoms with Gasteiger partial charge in [-0.25, -0.2) is 9.97 Å². The van der Waals surface area contributed by atoms with Crippen LogP contribution in [0.3, 0.4) is 0 Å². The van der Waals surface area contributed by atoms with Crippen LogP contribution in [0.2, 0.25) is 0 Å². The van der Waals surface area contributed by atoms with Gasteiger partial charge in [-0.3, -0.25) is 14.9 Å². The number of anilines is 1. The molecule has 9 heteroatoms. The van der Waals surface area contributed by atoms with Gasteiger partial charge in [0.1, 0.15) is 0 Å². The van der Waals surface area contributed by atoms with Crippen LogP contribution < -0.4 is 20.9 Å². The molecule has 4 rings (SSSR count). The molecule has 0 saturated carbocycles. The number of piperidine rings is 1. The molecule has 0 bridgehead atoms. The molecule has 0 radical (unpaired) electrons. The Balaban J connectivity index is 1.28. The van der Waals surface area contributed by atoms with Gasteiger partial charge in [0.2, 0.25) is 5.95 Å². The van der Waals surface area contributed by atoms with Crippen molar-refractivity contribution >= 4 is 34.9 Å². The second-order valence-corrected chi connectivity index (χ2v) is 8.60. The fourth-order valence-electron chi connectivity index (χ4n) is 3.87. The van der Waals surface area contributed by atoms with Gasteiger partial charge in [0, 0.05) is 19.3 Å². The van der Waals surface area contributed by atoms with Gasteiger partial charge < -0.3 is 15.5 Å². The lowest BCUT2D eigenvalue weighted by Crippen LogP contribution is -2.39. The van der Waals surface area contributed by atoms with Gasteiger partial charge in [-0.1, -0.05) is 0 Å². The molecule has 4 heterocycles. The monoisotopic (exact) mass is 402 g/mol. The van der Waals surface area contributed by atoms with Gasteiger partial charge in [0.15, 0.2) is 0 Å². The first-order valence-electron chi connectivity index (χ1n) is 9.91. The van der Waals surface area contributed by atoms with E-state index in [2.05, 4.69) is 30.8 Å². The highest BCUT2D eigenvalue weighted by molar-refractivity contribution is 8.18. The summed E-state index contributed by atoms with van der Waals surface area (Å²) in [5, 5.41) is 8.97. The molecule has 3 aliphatic rings. The summed E-state index contributed by atoms with van der Waals surface area (Å²) in [6.07, 6.45) is 6.88. The van der Waals surface area contributed by atoms with E-state index in [-0.39, 0.29) is 11.1 Å². The zero-order valence-corrected chi connectivity index (χ0v) is 16.6. The lowest BCUT2D eigenvalue weighted by molar-refractivity contribution is -0.115. The first-order chi connectivity index (χ1) is 13.7. The van der Waals surface area contributed by atoms with E-state index in [4.69, 9.17) is 0 Å². The number of nitrogens with one attached hydrogen (secondary N) is 3. The summed E-state index contributed by atoms with van der Waals surface area (Å²) >= 11 is 0.903. The Hall–Kier alpha value is -1.97. The minimum atomic E-state index is -0.364. The van der Waals surface area contributed by atoms with Crippen molar-refractivity contribution in [3.05, 3.63) is 22.9 Å². The molecule has 3 aliphatic heterocycles. The molecular formula is C19H26N6O2S. The molecule has 28 heavy (non-hydrogen) atoms. The Kier molecular flexibility index (Phi) is 6.23. The van der Waals surface area contributed by atoms with Crippen LogP contribution in [0.25, 0.3) is 6.08 Å². The van der Waals surface area contributed by atoms with Crippen LogP contribution in [-0.4, -0.2) is 60.4 Å². The van der Waals surface area contributed by atoms with E-state index in [1.807, 2.05) is 0 Å². The van der Waals surface area contributed by atoms with Gasteiger partial charge >= 0.3 is 0 Å². The summed E-state index contributed by atoms with van der Waals surface area (Å²) in [7, 11) is 0. The first kappa shape index (κ1) is 19.4. The van der Waals surface area contributed by atoms with Gasteiger partial charge in [-0.05, 0) is 81.2 Å². The van der Waals surface area contributed by atoms with Crippen molar-refractivity contribution in [2.75, 3.05) is 44.2 Å². The number of carbonyl (C=O) groups is 2. The van der Waals surface area contributed by atoms with Crippen LogP contribution in [0.15, 0.2) is 17.2 Å². The number of rotatable bonds is 6. The number of hydrogen-bond acceptors (Lipinski definition) is 8. The molecule has 3 fully saturated rings. The molecule has 1 atom stereocenters. The summed E-state index contributed by atoms with van der Waals surface area (Å²) in [6, 6.07) is 1.75. The van der Waals surface area contributed by atoms with E-state index in [9.17, 15) is 9.59 Å². The Morgan fingerprint density at radius 3 is 2.75 bits per heavy atom. The summed E-state index contributed by atoms with van der Waals surface area (Å²) in [4.78, 5) is 34.5. The Bertz CT molecular complexity index is 757. The average Bonchev–Trinajstić information content (AvgIpc) is 3.32. The van der Waals surface area contributed by atoms with Crippen molar-refractivity contribution < 1.29 is 9.59 Å².